The SMILES string of the molecule is Fc1ccc(Br)cc1-n1c(CCCl)nc2cc(I)ccc21. The molecule has 0 aliphatic heterocycles. The third-order valence-corrected chi connectivity index (χ3v) is 4.51. The molecule has 6 heteroatoms. The molecule has 0 amide bonds. The van der Waals surface area contributed by atoms with Gasteiger partial charge in [-0.25, -0.2) is 9.37 Å². The Morgan fingerprint density at radius 3 is 2.81 bits per heavy atom. The van der Waals surface area contributed by atoms with Crippen LogP contribution in [0.2, 0.25) is 0 Å². The maximum Gasteiger partial charge on any atom is 0.147 e. The van der Waals surface area contributed by atoms with Crippen LogP contribution >= 0.6 is 50.1 Å². The van der Waals surface area contributed by atoms with Crippen molar-refractivity contribution in [3.05, 3.63) is 56.1 Å². The van der Waals surface area contributed by atoms with E-state index in [-0.39, 0.29) is 5.82 Å². The predicted octanol–water partition coefficient (Wildman–Crippen LogP) is 5.31. The van der Waals surface area contributed by atoms with E-state index < -0.39 is 0 Å². The summed E-state index contributed by atoms with van der Waals surface area (Å²) in [6.45, 7) is 0. The van der Waals surface area contributed by atoms with E-state index in [1.807, 2.05) is 22.8 Å². The fourth-order valence-corrected chi connectivity index (χ4v) is 3.27. The maximum atomic E-state index is 14.3. The van der Waals surface area contributed by atoms with Gasteiger partial charge in [-0.1, -0.05) is 15.9 Å². The number of fused-ring (bicyclic) bond motifs is 1. The zero-order chi connectivity index (χ0) is 15.0. The average molecular weight is 480 g/mol. The summed E-state index contributed by atoms with van der Waals surface area (Å²) < 4.78 is 18.0. The van der Waals surface area contributed by atoms with Crippen molar-refractivity contribution < 1.29 is 4.39 Å². The van der Waals surface area contributed by atoms with Gasteiger partial charge in [0.05, 0.1) is 16.7 Å². The van der Waals surface area contributed by atoms with Gasteiger partial charge in [-0.15, -0.1) is 11.6 Å². The standard InChI is InChI=1S/C15H10BrClFIN2/c16-9-1-3-11(18)14(7-9)21-13-4-2-10(19)8-12(13)20-15(21)5-6-17/h1-4,7-8H,5-6H2. The first-order valence-corrected chi connectivity index (χ1v) is 8.69. The van der Waals surface area contributed by atoms with E-state index in [0.29, 0.717) is 18.0 Å². The number of aryl methyl sites for hydroxylation is 1. The van der Waals surface area contributed by atoms with Crippen molar-refractivity contribution in [2.24, 2.45) is 0 Å². The monoisotopic (exact) mass is 478 g/mol. The van der Waals surface area contributed by atoms with Gasteiger partial charge in [-0.3, -0.25) is 4.57 Å². The summed E-state index contributed by atoms with van der Waals surface area (Å²) in [7, 11) is 0. The second kappa shape index (κ2) is 6.22. The Morgan fingerprint density at radius 2 is 2.05 bits per heavy atom. The molecular weight excluding hydrogens is 469 g/mol. The first-order chi connectivity index (χ1) is 10.1. The third-order valence-electron chi connectivity index (χ3n) is 3.15. The number of nitrogens with zero attached hydrogens (tertiary/aromatic N) is 2. The minimum Gasteiger partial charge on any atom is -0.293 e. The fraction of sp³-hybridized carbons (Fsp3) is 0.133. The number of aromatic nitrogens is 2. The third kappa shape index (κ3) is 2.96. The summed E-state index contributed by atoms with van der Waals surface area (Å²) >= 11 is 11.5. The topological polar surface area (TPSA) is 17.8 Å². The van der Waals surface area contributed by atoms with Crippen LogP contribution in [0.5, 0.6) is 0 Å². The number of hydrogen-bond donors (Lipinski definition) is 0. The number of halogens is 4. The lowest BCUT2D eigenvalue weighted by molar-refractivity contribution is 0.616. The summed E-state index contributed by atoms with van der Waals surface area (Å²) in [4.78, 5) is 4.60. The smallest absolute Gasteiger partial charge is 0.147 e. The lowest BCUT2D eigenvalue weighted by Crippen LogP contribution is -2.04. The summed E-state index contributed by atoms with van der Waals surface area (Å²) in [6, 6.07) is 10.8. The van der Waals surface area contributed by atoms with Crippen molar-refractivity contribution in [2.75, 3.05) is 5.88 Å². The molecule has 108 valence electrons. The molecule has 0 N–H and O–H groups in total. The van der Waals surface area contributed by atoms with Crippen LogP contribution in [0.4, 0.5) is 4.39 Å². The molecule has 2 aromatic carbocycles. The highest BCUT2D eigenvalue weighted by molar-refractivity contribution is 14.1. The van der Waals surface area contributed by atoms with Gasteiger partial charge in [-0.2, -0.15) is 0 Å². The molecule has 0 unspecified atom stereocenters. The number of benzene rings is 2. The molecule has 1 aromatic heterocycles. The van der Waals surface area contributed by atoms with Gasteiger partial charge < -0.3 is 0 Å². The Hall–Kier alpha value is -0.660. The van der Waals surface area contributed by atoms with Crippen LogP contribution in [0.15, 0.2) is 40.9 Å². The van der Waals surface area contributed by atoms with Crippen molar-refractivity contribution in [3.8, 4) is 5.69 Å². The molecular formula is C15H10BrClFIN2. The van der Waals surface area contributed by atoms with Crippen LogP contribution in [0.3, 0.4) is 0 Å². The molecule has 0 saturated carbocycles. The zero-order valence-corrected chi connectivity index (χ0v) is 15.3. The molecule has 3 rings (SSSR count). The quantitative estimate of drug-likeness (QED) is 0.368. The van der Waals surface area contributed by atoms with Gasteiger partial charge in [-0.05, 0) is 59.0 Å². The summed E-state index contributed by atoms with van der Waals surface area (Å²) in [5, 5.41) is 0. The predicted molar refractivity (Wildman–Crippen MR) is 95.9 cm³/mol. The Balaban J connectivity index is 2.33. The molecule has 0 radical (unpaired) electrons. The normalized spacial score (nSPS) is 11.2. The summed E-state index contributed by atoms with van der Waals surface area (Å²) in [5.74, 6) is 0.918. The fourth-order valence-electron chi connectivity index (χ4n) is 2.28. The van der Waals surface area contributed by atoms with Gasteiger partial charge >= 0.3 is 0 Å². The van der Waals surface area contributed by atoms with Crippen LogP contribution in [0.1, 0.15) is 5.82 Å². The molecule has 0 fully saturated rings. The lowest BCUT2D eigenvalue weighted by Gasteiger charge is -2.10. The van der Waals surface area contributed by atoms with Crippen LogP contribution in [-0.2, 0) is 6.42 Å². The highest BCUT2D eigenvalue weighted by Crippen LogP contribution is 2.27. The molecule has 21 heavy (non-hydrogen) atoms. The number of alkyl halides is 1. The van der Waals surface area contributed by atoms with Crippen molar-refractivity contribution >= 4 is 61.2 Å². The van der Waals surface area contributed by atoms with Crippen molar-refractivity contribution in [1.82, 2.24) is 9.55 Å². The Kier molecular flexibility index (Phi) is 4.51. The van der Waals surface area contributed by atoms with E-state index in [2.05, 4.69) is 43.5 Å². The second-order valence-corrected chi connectivity index (χ2v) is 7.07. The first-order valence-electron chi connectivity index (χ1n) is 6.28. The number of imidazole rings is 1. The van der Waals surface area contributed by atoms with Gasteiger partial charge in [0.25, 0.3) is 0 Å². The van der Waals surface area contributed by atoms with E-state index in [0.717, 1.165) is 24.9 Å². The van der Waals surface area contributed by atoms with Crippen molar-refractivity contribution in [1.29, 1.82) is 0 Å². The van der Waals surface area contributed by atoms with Gasteiger partial charge in [0.1, 0.15) is 11.6 Å². The molecule has 0 aliphatic carbocycles. The molecule has 0 atom stereocenters. The Morgan fingerprint density at radius 1 is 1.24 bits per heavy atom. The second-order valence-electron chi connectivity index (χ2n) is 4.53. The Labute approximate surface area is 148 Å². The molecule has 0 aliphatic rings. The van der Waals surface area contributed by atoms with Gasteiger partial charge in [0, 0.05) is 20.3 Å². The largest absolute Gasteiger partial charge is 0.293 e. The minimum absolute atomic E-state index is 0.285. The van der Waals surface area contributed by atoms with E-state index >= 15 is 0 Å². The van der Waals surface area contributed by atoms with E-state index in [1.54, 1.807) is 12.1 Å². The number of rotatable bonds is 3. The van der Waals surface area contributed by atoms with Crippen LogP contribution in [0.25, 0.3) is 16.7 Å². The maximum absolute atomic E-state index is 14.3. The molecule has 0 spiro atoms. The first kappa shape index (κ1) is 15.2. The lowest BCUT2D eigenvalue weighted by atomic mass is 10.2. The van der Waals surface area contributed by atoms with E-state index in [1.165, 1.54) is 6.07 Å². The van der Waals surface area contributed by atoms with Gasteiger partial charge in [0.15, 0.2) is 0 Å². The average Bonchev–Trinajstić information content (AvgIpc) is 2.79. The molecule has 3 aromatic rings. The molecule has 1 heterocycles. The van der Waals surface area contributed by atoms with E-state index in [9.17, 15) is 4.39 Å². The summed E-state index contributed by atoms with van der Waals surface area (Å²) in [5.41, 5.74) is 2.21. The van der Waals surface area contributed by atoms with Crippen molar-refractivity contribution in [2.45, 2.75) is 6.42 Å². The molecule has 2 nitrogen and oxygen atoms in total. The molecule has 0 saturated heterocycles. The Bertz CT molecular complexity index is 819. The highest BCUT2D eigenvalue weighted by Gasteiger charge is 2.15. The molecule has 0 bridgehead atoms. The van der Waals surface area contributed by atoms with Gasteiger partial charge in [0.2, 0.25) is 0 Å². The van der Waals surface area contributed by atoms with Crippen LogP contribution in [0, 0.1) is 9.39 Å². The van der Waals surface area contributed by atoms with Crippen LogP contribution < -0.4 is 0 Å². The van der Waals surface area contributed by atoms with Crippen molar-refractivity contribution in [3.63, 3.8) is 0 Å². The summed E-state index contributed by atoms with van der Waals surface area (Å²) in [6.07, 6.45) is 0.582. The van der Waals surface area contributed by atoms with Crippen LogP contribution in [-0.4, -0.2) is 15.4 Å². The highest BCUT2D eigenvalue weighted by atomic mass is 127. The zero-order valence-electron chi connectivity index (χ0n) is 10.8. The number of hydrogen-bond acceptors (Lipinski definition) is 1. The van der Waals surface area contributed by atoms with E-state index in [4.69, 9.17) is 11.6 Å². The minimum atomic E-state index is -0.285.